The molecule has 0 aliphatic heterocycles. The van der Waals surface area contributed by atoms with Crippen molar-refractivity contribution in [1.82, 2.24) is 15.5 Å². The first-order valence-electron chi connectivity index (χ1n) is 6.50. The van der Waals surface area contributed by atoms with E-state index in [1.165, 1.54) is 6.92 Å². The van der Waals surface area contributed by atoms with Crippen LogP contribution in [0.4, 0.5) is 0 Å². The zero-order valence-electron chi connectivity index (χ0n) is 12.6. The Morgan fingerprint density at radius 3 is 2.29 bits per heavy atom. The van der Waals surface area contributed by atoms with Crippen LogP contribution in [0.5, 0.6) is 0 Å². The minimum Gasteiger partial charge on any atom is -0.346 e. The topological polar surface area (TPSA) is 119 Å². The van der Waals surface area contributed by atoms with E-state index in [2.05, 4.69) is 10.6 Å². The molecule has 8 nitrogen and oxygen atoms in total. The van der Waals surface area contributed by atoms with Crippen LogP contribution in [0.3, 0.4) is 0 Å². The van der Waals surface area contributed by atoms with Crippen molar-refractivity contribution in [3.63, 3.8) is 0 Å². The standard InChI is InChI=1S/C13H22N4O4/c1-9(18)11(5-4-10(19)6-14)16-12(20)7-15-13(21)8-17(2)3/h6,11,14H,4-5,7-8H2,1-3H3,(H,15,21)(H,16,20)/t11-/m0/s1. The van der Waals surface area contributed by atoms with Crippen LogP contribution < -0.4 is 10.6 Å². The summed E-state index contributed by atoms with van der Waals surface area (Å²) >= 11 is 0. The monoisotopic (exact) mass is 298 g/mol. The van der Waals surface area contributed by atoms with E-state index < -0.39 is 17.7 Å². The Kier molecular flexibility index (Phi) is 8.79. The van der Waals surface area contributed by atoms with Gasteiger partial charge in [-0.15, -0.1) is 0 Å². The van der Waals surface area contributed by atoms with Crippen LogP contribution in [0.15, 0.2) is 0 Å². The second-order valence-electron chi connectivity index (χ2n) is 4.89. The van der Waals surface area contributed by atoms with Crippen LogP contribution in [-0.2, 0) is 19.2 Å². The molecule has 0 saturated heterocycles. The lowest BCUT2D eigenvalue weighted by molar-refractivity contribution is -0.128. The normalized spacial score (nSPS) is 11.6. The fourth-order valence-electron chi connectivity index (χ4n) is 1.50. The lowest BCUT2D eigenvalue weighted by Crippen LogP contribution is -2.46. The number of likely N-dealkylation sites (N-methyl/N-ethyl adjacent to an activating group) is 1. The predicted octanol–water partition coefficient (Wildman–Crippen LogP) is -1.26. The Morgan fingerprint density at radius 2 is 1.81 bits per heavy atom. The summed E-state index contributed by atoms with van der Waals surface area (Å²) in [5.41, 5.74) is 0. The molecule has 0 rings (SSSR count). The minimum atomic E-state index is -0.785. The van der Waals surface area contributed by atoms with Gasteiger partial charge in [0, 0.05) is 6.42 Å². The first-order valence-corrected chi connectivity index (χ1v) is 6.50. The second-order valence-corrected chi connectivity index (χ2v) is 4.89. The highest BCUT2D eigenvalue weighted by Crippen LogP contribution is 1.99. The molecule has 0 unspecified atom stereocenters. The number of carbonyl (C=O) groups is 4. The van der Waals surface area contributed by atoms with Crippen LogP contribution in [-0.4, -0.2) is 67.7 Å². The van der Waals surface area contributed by atoms with E-state index in [-0.39, 0.29) is 37.6 Å². The van der Waals surface area contributed by atoms with E-state index in [4.69, 9.17) is 5.41 Å². The maximum Gasteiger partial charge on any atom is 0.239 e. The quantitative estimate of drug-likeness (QED) is 0.435. The number of carbonyl (C=O) groups excluding carboxylic acids is 4. The lowest BCUT2D eigenvalue weighted by Gasteiger charge is -2.16. The van der Waals surface area contributed by atoms with Crippen molar-refractivity contribution in [3.05, 3.63) is 0 Å². The van der Waals surface area contributed by atoms with Gasteiger partial charge in [-0.3, -0.25) is 19.2 Å². The Morgan fingerprint density at radius 1 is 1.19 bits per heavy atom. The Hall–Kier alpha value is -2.09. The van der Waals surface area contributed by atoms with Crippen LogP contribution in [0.25, 0.3) is 0 Å². The zero-order valence-corrected chi connectivity index (χ0v) is 12.6. The molecule has 8 heteroatoms. The molecule has 0 heterocycles. The number of Topliss-reactive ketones (excluding diaryl/α,β-unsaturated/α-hetero) is 2. The molecule has 0 aromatic carbocycles. The summed E-state index contributed by atoms with van der Waals surface area (Å²) in [5, 5.41) is 11.7. The van der Waals surface area contributed by atoms with E-state index in [0.29, 0.717) is 6.21 Å². The zero-order chi connectivity index (χ0) is 16.4. The van der Waals surface area contributed by atoms with Gasteiger partial charge in [0.25, 0.3) is 0 Å². The fraction of sp³-hybridized carbons (Fsp3) is 0.615. The first-order chi connectivity index (χ1) is 9.76. The molecule has 3 N–H and O–H groups in total. The number of hydrogen-bond donors (Lipinski definition) is 3. The lowest BCUT2D eigenvalue weighted by atomic mass is 10.1. The third kappa shape index (κ3) is 9.44. The van der Waals surface area contributed by atoms with Gasteiger partial charge in [-0.1, -0.05) is 0 Å². The molecule has 0 spiro atoms. The Balaban J connectivity index is 4.23. The average molecular weight is 298 g/mol. The molecule has 0 aromatic rings. The van der Waals surface area contributed by atoms with E-state index in [1.807, 2.05) is 0 Å². The van der Waals surface area contributed by atoms with Crippen molar-refractivity contribution >= 4 is 29.6 Å². The molecule has 2 amide bonds. The summed E-state index contributed by atoms with van der Waals surface area (Å²) in [5.74, 6) is -1.48. The fourth-order valence-corrected chi connectivity index (χ4v) is 1.50. The number of rotatable bonds is 10. The molecule has 21 heavy (non-hydrogen) atoms. The van der Waals surface area contributed by atoms with Gasteiger partial charge in [0.15, 0.2) is 11.6 Å². The summed E-state index contributed by atoms with van der Waals surface area (Å²) in [7, 11) is 3.46. The third-order valence-corrected chi connectivity index (χ3v) is 2.57. The third-order valence-electron chi connectivity index (χ3n) is 2.57. The molecule has 0 aromatic heterocycles. The second kappa shape index (κ2) is 9.76. The summed E-state index contributed by atoms with van der Waals surface area (Å²) in [6, 6.07) is -0.785. The Labute approximate surface area is 123 Å². The van der Waals surface area contributed by atoms with Gasteiger partial charge in [-0.05, 0) is 27.4 Å². The Bertz CT molecular complexity index is 420. The highest BCUT2D eigenvalue weighted by atomic mass is 16.2. The van der Waals surface area contributed by atoms with E-state index in [0.717, 1.165) is 0 Å². The van der Waals surface area contributed by atoms with Gasteiger partial charge in [-0.25, -0.2) is 0 Å². The van der Waals surface area contributed by atoms with Crippen molar-refractivity contribution in [2.24, 2.45) is 0 Å². The van der Waals surface area contributed by atoms with Gasteiger partial charge >= 0.3 is 0 Å². The molecule has 118 valence electrons. The number of amides is 2. The number of nitrogens with zero attached hydrogens (tertiary/aromatic N) is 1. The van der Waals surface area contributed by atoms with Crippen molar-refractivity contribution in [3.8, 4) is 0 Å². The van der Waals surface area contributed by atoms with Crippen molar-refractivity contribution in [2.75, 3.05) is 27.2 Å². The van der Waals surface area contributed by atoms with Gasteiger partial charge in [0.05, 0.1) is 25.3 Å². The maximum atomic E-state index is 11.6. The molecule has 0 aliphatic rings. The molecule has 0 aliphatic carbocycles. The van der Waals surface area contributed by atoms with E-state index in [1.54, 1.807) is 19.0 Å². The average Bonchev–Trinajstić information content (AvgIpc) is 2.39. The summed E-state index contributed by atoms with van der Waals surface area (Å²) in [4.78, 5) is 47.1. The van der Waals surface area contributed by atoms with Gasteiger partial charge < -0.3 is 20.9 Å². The maximum absolute atomic E-state index is 11.6. The molecular weight excluding hydrogens is 276 g/mol. The molecule has 1 atom stereocenters. The molecular formula is C13H22N4O4. The van der Waals surface area contributed by atoms with Crippen LogP contribution in [0, 0.1) is 5.41 Å². The number of ketones is 2. The van der Waals surface area contributed by atoms with Gasteiger partial charge in [0.1, 0.15) is 0 Å². The SMILES string of the molecule is CC(=O)[C@H](CCC(=O)C=N)NC(=O)CNC(=O)CN(C)C. The predicted molar refractivity (Wildman–Crippen MR) is 77.2 cm³/mol. The molecule has 0 bridgehead atoms. The summed E-state index contributed by atoms with van der Waals surface area (Å²) in [6.07, 6.45) is 0.836. The van der Waals surface area contributed by atoms with Gasteiger partial charge in [0.2, 0.25) is 11.8 Å². The molecule has 0 fully saturated rings. The number of hydrogen-bond acceptors (Lipinski definition) is 6. The molecule has 0 saturated carbocycles. The van der Waals surface area contributed by atoms with Crippen LogP contribution in [0.1, 0.15) is 19.8 Å². The smallest absolute Gasteiger partial charge is 0.239 e. The minimum absolute atomic E-state index is 0.0149. The van der Waals surface area contributed by atoms with Gasteiger partial charge in [-0.2, -0.15) is 0 Å². The summed E-state index contributed by atoms with van der Waals surface area (Å²) < 4.78 is 0. The summed E-state index contributed by atoms with van der Waals surface area (Å²) in [6.45, 7) is 1.25. The first kappa shape index (κ1) is 18.9. The van der Waals surface area contributed by atoms with Crippen molar-refractivity contribution in [2.45, 2.75) is 25.8 Å². The van der Waals surface area contributed by atoms with Crippen molar-refractivity contribution in [1.29, 1.82) is 5.41 Å². The highest BCUT2D eigenvalue weighted by Gasteiger charge is 2.18. The largest absolute Gasteiger partial charge is 0.346 e. The van der Waals surface area contributed by atoms with Crippen molar-refractivity contribution < 1.29 is 19.2 Å². The van der Waals surface area contributed by atoms with Crippen LogP contribution >= 0.6 is 0 Å². The van der Waals surface area contributed by atoms with E-state index >= 15 is 0 Å². The number of nitrogens with one attached hydrogen (secondary N) is 3. The van der Waals surface area contributed by atoms with E-state index in [9.17, 15) is 19.2 Å². The van der Waals surface area contributed by atoms with Crippen LogP contribution in [0.2, 0.25) is 0 Å². The molecule has 0 radical (unpaired) electrons. The highest BCUT2D eigenvalue weighted by molar-refractivity contribution is 6.26.